The summed E-state index contributed by atoms with van der Waals surface area (Å²) in [6, 6.07) is 1.86. The van der Waals surface area contributed by atoms with E-state index in [4.69, 9.17) is 0 Å². The molecule has 5 heteroatoms. The van der Waals surface area contributed by atoms with Gasteiger partial charge in [-0.05, 0) is 6.92 Å². The van der Waals surface area contributed by atoms with Crippen molar-refractivity contribution in [3.8, 4) is 0 Å². The third-order valence-corrected chi connectivity index (χ3v) is 2.25. The fraction of sp³-hybridized carbons (Fsp3) is 0.583. The van der Waals surface area contributed by atoms with Crippen LogP contribution >= 0.6 is 0 Å². The van der Waals surface area contributed by atoms with Crippen molar-refractivity contribution >= 4 is 11.8 Å². The van der Waals surface area contributed by atoms with Crippen LogP contribution in [-0.4, -0.2) is 29.6 Å². The Morgan fingerprint density at radius 1 is 1.47 bits per heavy atom. The number of methoxy groups -OCH3 is 1. The number of anilines is 1. The fourth-order valence-corrected chi connectivity index (χ4v) is 1.33. The van der Waals surface area contributed by atoms with Gasteiger partial charge in [0.15, 0.2) is 0 Å². The molecule has 0 fully saturated rings. The monoisotopic (exact) mass is 237 g/mol. The summed E-state index contributed by atoms with van der Waals surface area (Å²) in [6.45, 7) is 6.54. The highest BCUT2D eigenvalue weighted by molar-refractivity contribution is 5.69. The highest BCUT2D eigenvalue weighted by atomic mass is 16.5. The Kier molecular flexibility index (Phi) is 4.87. The zero-order valence-electron chi connectivity index (χ0n) is 10.8. The van der Waals surface area contributed by atoms with Gasteiger partial charge in [-0.15, -0.1) is 0 Å². The number of carbonyl (C=O) groups is 1. The second-order valence-corrected chi connectivity index (χ2v) is 4.16. The molecule has 0 aromatic carbocycles. The Balaban J connectivity index is 2.62. The van der Waals surface area contributed by atoms with E-state index in [1.165, 1.54) is 7.11 Å². The molecule has 0 atom stereocenters. The Morgan fingerprint density at radius 2 is 2.18 bits per heavy atom. The van der Waals surface area contributed by atoms with Crippen LogP contribution in [-0.2, 0) is 9.53 Å². The molecule has 17 heavy (non-hydrogen) atoms. The number of hydrogen-bond acceptors (Lipinski definition) is 5. The van der Waals surface area contributed by atoms with E-state index in [9.17, 15) is 4.79 Å². The molecule has 94 valence electrons. The van der Waals surface area contributed by atoms with E-state index in [0.29, 0.717) is 13.0 Å². The maximum Gasteiger partial charge on any atom is 0.307 e. The van der Waals surface area contributed by atoms with Gasteiger partial charge in [-0.25, -0.2) is 9.97 Å². The molecule has 0 amide bonds. The lowest BCUT2D eigenvalue weighted by atomic mass is 10.2. The molecule has 0 aliphatic carbocycles. The average Bonchev–Trinajstić information content (AvgIpc) is 2.28. The number of carbonyl (C=O) groups excluding carboxylic acids is 1. The van der Waals surface area contributed by atoms with Crippen molar-refractivity contribution in [2.45, 2.75) is 33.1 Å². The summed E-state index contributed by atoms with van der Waals surface area (Å²) in [7, 11) is 1.38. The molecule has 0 saturated heterocycles. The van der Waals surface area contributed by atoms with Gasteiger partial charge in [-0.3, -0.25) is 4.79 Å². The summed E-state index contributed by atoms with van der Waals surface area (Å²) in [5, 5.41) is 3.09. The standard InChI is InChI=1S/C12H19N3O2/c1-8(2)12-14-9(3)7-10(15-12)13-6-5-11(16)17-4/h7-8H,5-6H2,1-4H3,(H,13,14,15). The van der Waals surface area contributed by atoms with Crippen LogP contribution in [0.1, 0.15) is 37.7 Å². The van der Waals surface area contributed by atoms with Crippen LogP contribution in [0.25, 0.3) is 0 Å². The predicted octanol–water partition coefficient (Wildman–Crippen LogP) is 1.88. The third kappa shape index (κ3) is 4.38. The first-order valence-electron chi connectivity index (χ1n) is 5.69. The van der Waals surface area contributed by atoms with Gasteiger partial charge in [0.1, 0.15) is 11.6 Å². The molecule has 0 aliphatic rings. The Morgan fingerprint density at radius 3 is 2.76 bits per heavy atom. The highest BCUT2D eigenvalue weighted by Gasteiger charge is 2.06. The van der Waals surface area contributed by atoms with E-state index < -0.39 is 0 Å². The van der Waals surface area contributed by atoms with Crippen molar-refractivity contribution in [2.75, 3.05) is 19.0 Å². The van der Waals surface area contributed by atoms with Gasteiger partial charge in [0, 0.05) is 24.2 Å². The van der Waals surface area contributed by atoms with Crippen molar-refractivity contribution in [3.63, 3.8) is 0 Å². The van der Waals surface area contributed by atoms with Crippen LogP contribution in [0.5, 0.6) is 0 Å². The van der Waals surface area contributed by atoms with Crippen LogP contribution in [0, 0.1) is 6.92 Å². The van der Waals surface area contributed by atoms with Crippen molar-refractivity contribution in [3.05, 3.63) is 17.6 Å². The lowest BCUT2D eigenvalue weighted by Gasteiger charge is -2.09. The molecule has 1 aromatic heterocycles. The van der Waals surface area contributed by atoms with E-state index in [1.807, 2.05) is 26.8 Å². The van der Waals surface area contributed by atoms with Crippen LogP contribution in [0.15, 0.2) is 6.07 Å². The van der Waals surface area contributed by atoms with Gasteiger partial charge in [0.05, 0.1) is 13.5 Å². The SMILES string of the molecule is COC(=O)CCNc1cc(C)nc(C(C)C)n1. The first kappa shape index (κ1) is 13.4. The second kappa shape index (κ2) is 6.18. The summed E-state index contributed by atoms with van der Waals surface area (Å²) in [4.78, 5) is 19.7. The zero-order chi connectivity index (χ0) is 12.8. The largest absolute Gasteiger partial charge is 0.469 e. The average molecular weight is 237 g/mol. The molecule has 0 spiro atoms. The molecular formula is C12H19N3O2. The summed E-state index contributed by atoms with van der Waals surface area (Å²) in [5.74, 6) is 1.62. The van der Waals surface area contributed by atoms with Crippen molar-refractivity contribution < 1.29 is 9.53 Å². The lowest BCUT2D eigenvalue weighted by molar-refractivity contribution is -0.140. The molecule has 1 N–H and O–H groups in total. The molecule has 1 aromatic rings. The first-order valence-corrected chi connectivity index (χ1v) is 5.69. The fourth-order valence-electron chi connectivity index (χ4n) is 1.33. The van der Waals surface area contributed by atoms with Crippen LogP contribution in [0.2, 0.25) is 0 Å². The van der Waals surface area contributed by atoms with Gasteiger partial charge in [-0.1, -0.05) is 13.8 Å². The van der Waals surface area contributed by atoms with Gasteiger partial charge < -0.3 is 10.1 Å². The van der Waals surface area contributed by atoms with Gasteiger partial charge in [0.2, 0.25) is 0 Å². The lowest BCUT2D eigenvalue weighted by Crippen LogP contribution is -2.12. The van der Waals surface area contributed by atoms with Crippen LogP contribution < -0.4 is 5.32 Å². The molecule has 1 rings (SSSR count). The Hall–Kier alpha value is -1.65. The van der Waals surface area contributed by atoms with Crippen molar-refractivity contribution in [1.29, 1.82) is 0 Å². The smallest absolute Gasteiger partial charge is 0.307 e. The molecule has 1 heterocycles. The third-order valence-electron chi connectivity index (χ3n) is 2.25. The van der Waals surface area contributed by atoms with Gasteiger partial charge >= 0.3 is 5.97 Å². The number of aryl methyl sites for hydroxylation is 1. The topological polar surface area (TPSA) is 64.1 Å². The van der Waals surface area contributed by atoms with Gasteiger partial charge in [-0.2, -0.15) is 0 Å². The van der Waals surface area contributed by atoms with Gasteiger partial charge in [0.25, 0.3) is 0 Å². The van der Waals surface area contributed by atoms with E-state index in [1.54, 1.807) is 0 Å². The minimum absolute atomic E-state index is 0.229. The maximum atomic E-state index is 10.9. The normalized spacial score (nSPS) is 10.4. The van der Waals surface area contributed by atoms with E-state index in [2.05, 4.69) is 20.0 Å². The number of nitrogens with zero attached hydrogens (tertiary/aromatic N) is 2. The number of hydrogen-bond donors (Lipinski definition) is 1. The number of aromatic nitrogens is 2. The predicted molar refractivity (Wildman–Crippen MR) is 66.0 cm³/mol. The second-order valence-electron chi connectivity index (χ2n) is 4.16. The molecule has 0 radical (unpaired) electrons. The van der Waals surface area contributed by atoms with Crippen LogP contribution in [0.3, 0.4) is 0 Å². The summed E-state index contributed by atoms with van der Waals surface area (Å²) < 4.78 is 4.56. The first-order chi connectivity index (χ1) is 8.02. The highest BCUT2D eigenvalue weighted by Crippen LogP contribution is 2.13. The minimum atomic E-state index is -0.229. The van der Waals surface area contributed by atoms with E-state index in [0.717, 1.165) is 17.3 Å². The molecule has 0 saturated carbocycles. The summed E-state index contributed by atoms with van der Waals surface area (Å²) >= 11 is 0. The molecular weight excluding hydrogens is 218 g/mol. The molecule has 0 bridgehead atoms. The molecule has 5 nitrogen and oxygen atoms in total. The molecule has 0 aliphatic heterocycles. The molecule has 0 unspecified atom stereocenters. The maximum absolute atomic E-state index is 10.9. The zero-order valence-corrected chi connectivity index (χ0v) is 10.8. The Labute approximate surface area is 102 Å². The Bertz CT molecular complexity index is 391. The summed E-state index contributed by atoms with van der Waals surface area (Å²) in [6.07, 6.45) is 0.330. The number of ether oxygens (including phenoxy) is 1. The van der Waals surface area contributed by atoms with E-state index >= 15 is 0 Å². The number of rotatable bonds is 5. The number of nitrogens with one attached hydrogen (secondary N) is 1. The van der Waals surface area contributed by atoms with Crippen LogP contribution in [0.4, 0.5) is 5.82 Å². The van der Waals surface area contributed by atoms with Crippen molar-refractivity contribution in [1.82, 2.24) is 9.97 Å². The minimum Gasteiger partial charge on any atom is -0.469 e. The summed E-state index contributed by atoms with van der Waals surface area (Å²) in [5.41, 5.74) is 0.921. The quantitative estimate of drug-likeness (QED) is 0.792. The number of esters is 1. The van der Waals surface area contributed by atoms with E-state index in [-0.39, 0.29) is 11.9 Å². The van der Waals surface area contributed by atoms with Crippen molar-refractivity contribution in [2.24, 2.45) is 0 Å².